The van der Waals surface area contributed by atoms with Crippen molar-refractivity contribution in [2.45, 2.75) is 13.5 Å². The summed E-state index contributed by atoms with van der Waals surface area (Å²) in [5, 5.41) is 6.53. The Morgan fingerprint density at radius 1 is 1.18 bits per heavy atom. The van der Waals surface area contributed by atoms with Gasteiger partial charge in [0.15, 0.2) is 5.78 Å². The van der Waals surface area contributed by atoms with Crippen LogP contribution in [0.3, 0.4) is 0 Å². The zero-order chi connectivity index (χ0) is 24.0. The summed E-state index contributed by atoms with van der Waals surface area (Å²) in [6, 6.07) is 10.8. The van der Waals surface area contributed by atoms with Crippen LogP contribution in [0.4, 0.5) is 19.8 Å². The number of nitrogens with zero attached hydrogens (tertiary/aromatic N) is 2. The lowest BCUT2D eigenvalue weighted by molar-refractivity contribution is 0.101. The van der Waals surface area contributed by atoms with Gasteiger partial charge in [0.1, 0.15) is 18.2 Å². The molecule has 2 aromatic carbocycles. The van der Waals surface area contributed by atoms with E-state index in [2.05, 4.69) is 15.6 Å². The molecule has 10 heteroatoms. The maximum atomic E-state index is 13.5. The molecule has 0 saturated carbocycles. The first-order chi connectivity index (χ1) is 15.8. The quantitative estimate of drug-likeness (QED) is 0.489. The number of carbonyl (C=O) groups excluding carboxylic acids is 3. The first-order valence-corrected chi connectivity index (χ1v) is 10.4. The zero-order valence-corrected chi connectivity index (χ0v) is 18.8. The Morgan fingerprint density at radius 2 is 1.94 bits per heavy atom. The molecule has 3 aromatic rings. The maximum Gasteiger partial charge on any atom is 0.412 e. The summed E-state index contributed by atoms with van der Waals surface area (Å²) in [6.07, 6.45) is 0.808. The Balaban J connectivity index is 1.48. The third kappa shape index (κ3) is 6.17. The fourth-order valence-electron chi connectivity index (χ4n) is 3.05. The number of aromatic nitrogens is 1. The number of ketones is 1. The highest BCUT2D eigenvalue weighted by atomic mass is 35.5. The molecule has 1 heterocycles. The van der Waals surface area contributed by atoms with Gasteiger partial charge in [0, 0.05) is 30.7 Å². The van der Waals surface area contributed by atoms with E-state index in [1.807, 2.05) is 6.07 Å². The third-order valence-electron chi connectivity index (χ3n) is 4.84. The van der Waals surface area contributed by atoms with Crippen LogP contribution in [0, 0.1) is 5.82 Å². The Morgan fingerprint density at radius 3 is 2.70 bits per heavy atom. The van der Waals surface area contributed by atoms with Gasteiger partial charge in [-0.05, 0) is 30.0 Å². The molecule has 8 nitrogen and oxygen atoms in total. The molecule has 1 aromatic heterocycles. The van der Waals surface area contributed by atoms with Crippen LogP contribution in [0.5, 0.6) is 0 Å². The summed E-state index contributed by atoms with van der Waals surface area (Å²) in [5.41, 5.74) is 0.975. The van der Waals surface area contributed by atoms with Crippen LogP contribution < -0.4 is 10.6 Å². The van der Waals surface area contributed by atoms with Crippen LogP contribution in [0.1, 0.15) is 22.8 Å². The summed E-state index contributed by atoms with van der Waals surface area (Å²) in [5.74, 6) is -0.421. The molecule has 0 aliphatic heterocycles. The number of nitrogens with one attached hydrogen (secondary N) is 2. The van der Waals surface area contributed by atoms with Crippen molar-refractivity contribution >= 4 is 46.1 Å². The summed E-state index contributed by atoms with van der Waals surface area (Å²) in [7, 11) is 1.53. The summed E-state index contributed by atoms with van der Waals surface area (Å²) in [6.45, 7) is 1.57. The number of amides is 3. The van der Waals surface area contributed by atoms with Gasteiger partial charge in [0.2, 0.25) is 0 Å². The second-order valence-electron chi connectivity index (χ2n) is 7.21. The number of pyridine rings is 1. The molecular weight excluding hydrogens is 451 g/mol. The molecule has 3 amide bonds. The molecule has 0 aliphatic rings. The number of benzene rings is 2. The Labute approximate surface area is 194 Å². The van der Waals surface area contributed by atoms with E-state index in [1.54, 1.807) is 30.5 Å². The van der Waals surface area contributed by atoms with E-state index in [9.17, 15) is 18.8 Å². The number of likely N-dealkylation sites (N-methyl/N-ethyl adjacent to an activating group) is 1. The molecule has 3 rings (SSSR count). The third-order valence-corrected chi connectivity index (χ3v) is 5.26. The van der Waals surface area contributed by atoms with E-state index < -0.39 is 17.9 Å². The SMILES string of the molecule is CC(=O)c1cccc2cnc(NC(=O)OCCN(C)C(=O)NCc3cccc(F)c3Cl)cc12. The number of anilines is 1. The van der Waals surface area contributed by atoms with Gasteiger partial charge in [-0.1, -0.05) is 41.9 Å². The predicted molar refractivity (Wildman–Crippen MR) is 123 cm³/mol. The lowest BCUT2D eigenvalue weighted by Crippen LogP contribution is -2.39. The fourth-order valence-corrected chi connectivity index (χ4v) is 3.25. The van der Waals surface area contributed by atoms with Gasteiger partial charge in [0.05, 0.1) is 11.6 Å². The molecule has 0 spiro atoms. The van der Waals surface area contributed by atoms with Gasteiger partial charge in [-0.3, -0.25) is 10.1 Å². The number of ether oxygens (including phenoxy) is 1. The molecule has 0 bridgehead atoms. The number of fused-ring (bicyclic) bond motifs is 1. The first-order valence-electron chi connectivity index (χ1n) is 10.0. The lowest BCUT2D eigenvalue weighted by Gasteiger charge is -2.18. The average Bonchev–Trinajstić information content (AvgIpc) is 2.79. The van der Waals surface area contributed by atoms with Crippen molar-refractivity contribution < 1.29 is 23.5 Å². The summed E-state index contributed by atoms with van der Waals surface area (Å²) in [4.78, 5) is 41.5. The monoisotopic (exact) mass is 472 g/mol. The molecule has 172 valence electrons. The standard InChI is InChI=1S/C23H22ClFN4O4/c1-14(30)17-7-3-5-15-12-26-20(11-18(15)17)28-23(32)33-10-9-29(2)22(31)27-13-16-6-4-8-19(25)21(16)24/h3-8,11-12H,9-10,13H2,1-2H3,(H,27,31)(H,26,28,32). The normalized spacial score (nSPS) is 10.5. The molecule has 2 N–H and O–H groups in total. The Hall–Kier alpha value is -3.72. The molecule has 0 aliphatic carbocycles. The molecule has 0 radical (unpaired) electrons. The van der Waals surface area contributed by atoms with Gasteiger partial charge in [-0.2, -0.15) is 0 Å². The van der Waals surface area contributed by atoms with Crippen LogP contribution in [0.2, 0.25) is 5.02 Å². The molecule has 0 saturated heterocycles. The van der Waals surface area contributed by atoms with Crippen molar-refractivity contribution in [3.63, 3.8) is 0 Å². The van der Waals surface area contributed by atoms with Gasteiger partial charge in [0.25, 0.3) is 0 Å². The minimum absolute atomic E-state index is 0.0434. The molecule has 33 heavy (non-hydrogen) atoms. The van der Waals surface area contributed by atoms with Gasteiger partial charge >= 0.3 is 12.1 Å². The van der Waals surface area contributed by atoms with Crippen LogP contribution in [-0.4, -0.2) is 48.0 Å². The number of hydrogen-bond acceptors (Lipinski definition) is 5. The highest BCUT2D eigenvalue weighted by molar-refractivity contribution is 6.31. The number of carbonyl (C=O) groups is 3. The molecule has 0 unspecified atom stereocenters. The highest BCUT2D eigenvalue weighted by Crippen LogP contribution is 2.22. The van der Waals surface area contributed by atoms with Crippen LogP contribution in [0.15, 0.2) is 48.7 Å². The zero-order valence-electron chi connectivity index (χ0n) is 18.0. The smallest absolute Gasteiger partial charge is 0.412 e. The minimum atomic E-state index is -0.748. The molecule has 0 atom stereocenters. The van der Waals surface area contributed by atoms with E-state index in [4.69, 9.17) is 16.3 Å². The van der Waals surface area contributed by atoms with E-state index in [0.29, 0.717) is 16.5 Å². The van der Waals surface area contributed by atoms with Crippen molar-refractivity contribution in [2.75, 3.05) is 25.5 Å². The van der Waals surface area contributed by atoms with Crippen molar-refractivity contribution in [1.29, 1.82) is 0 Å². The second-order valence-corrected chi connectivity index (χ2v) is 7.58. The topological polar surface area (TPSA) is 101 Å². The summed E-state index contributed by atoms with van der Waals surface area (Å²) >= 11 is 5.87. The largest absolute Gasteiger partial charge is 0.447 e. The van der Waals surface area contributed by atoms with Crippen molar-refractivity contribution in [1.82, 2.24) is 15.2 Å². The van der Waals surface area contributed by atoms with Gasteiger partial charge < -0.3 is 15.0 Å². The van der Waals surface area contributed by atoms with Crippen LogP contribution in [-0.2, 0) is 11.3 Å². The second kappa shape index (κ2) is 10.7. The summed E-state index contributed by atoms with van der Waals surface area (Å²) < 4.78 is 18.6. The van der Waals surface area contributed by atoms with Crippen molar-refractivity contribution in [3.8, 4) is 0 Å². The first kappa shape index (κ1) is 23.9. The fraction of sp³-hybridized carbons (Fsp3) is 0.217. The number of rotatable bonds is 7. The number of Topliss-reactive ketones (excluding diaryl/α,β-unsaturated/α-hetero) is 1. The van der Waals surface area contributed by atoms with E-state index in [0.717, 1.165) is 5.39 Å². The van der Waals surface area contributed by atoms with Crippen LogP contribution >= 0.6 is 11.6 Å². The molecular formula is C23H22ClFN4O4. The van der Waals surface area contributed by atoms with E-state index in [1.165, 1.54) is 31.0 Å². The number of urea groups is 1. The number of halogens is 2. The predicted octanol–water partition coefficient (Wildman–Crippen LogP) is 4.62. The highest BCUT2D eigenvalue weighted by Gasteiger charge is 2.13. The molecule has 0 fully saturated rings. The van der Waals surface area contributed by atoms with Crippen LogP contribution in [0.25, 0.3) is 10.8 Å². The van der Waals surface area contributed by atoms with Gasteiger partial charge in [-0.25, -0.2) is 19.0 Å². The van der Waals surface area contributed by atoms with Gasteiger partial charge in [-0.15, -0.1) is 0 Å². The maximum absolute atomic E-state index is 13.5. The average molecular weight is 473 g/mol. The lowest BCUT2D eigenvalue weighted by atomic mass is 10.0. The Bertz CT molecular complexity index is 1200. The Kier molecular flexibility index (Phi) is 7.78. The van der Waals surface area contributed by atoms with Crippen molar-refractivity contribution in [2.24, 2.45) is 0 Å². The minimum Gasteiger partial charge on any atom is -0.447 e. The number of hydrogen-bond donors (Lipinski definition) is 2. The van der Waals surface area contributed by atoms with E-state index in [-0.39, 0.29) is 36.3 Å². The van der Waals surface area contributed by atoms with E-state index >= 15 is 0 Å². The van der Waals surface area contributed by atoms with Crippen molar-refractivity contribution in [3.05, 3.63) is 70.6 Å².